The van der Waals surface area contributed by atoms with Gasteiger partial charge in [0, 0.05) is 38.3 Å². The Morgan fingerprint density at radius 3 is 2.74 bits per heavy atom. The molecule has 1 amide bonds. The summed E-state index contributed by atoms with van der Waals surface area (Å²) in [6, 6.07) is 2.67. The summed E-state index contributed by atoms with van der Waals surface area (Å²) in [5.74, 6) is 0.462. The zero-order valence-corrected chi connectivity index (χ0v) is 11.1. The molecule has 0 aromatic carbocycles. The lowest BCUT2D eigenvalue weighted by atomic mass is 10.3. The third-order valence-electron chi connectivity index (χ3n) is 2.72. The Morgan fingerprint density at radius 1 is 1.47 bits per heavy atom. The lowest BCUT2D eigenvalue weighted by Gasteiger charge is -2.18. The van der Waals surface area contributed by atoms with Crippen LogP contribution in [0.15, 0.2) is 18.3 Å². The van der Waals surface area contributed by atoms with Gasteiger partial charge in [-0.05, 0) is 13.8 Å². The highest BCUT2D eigenvalue weighted by molar-refractivity contribution is 5.76. The number of carbonyl (C=O) groups is 1. The van der Waals surface area contributed by atoms with Gasteiger partial charge in [0.05, 0.1) is 11.0 Å². The molecule has 0 radical (unpaired) electrons. The van der Waals surface area contributed by atoms with E-state index >= 15 is 0 Å². The van der Waals surface area contributed by atoms with Crippen molar-refractivity contribution in [2.45, 2.75) is 20.3 Å². The molecular weight excluding hydrogens is 248 g/mol. The van der Waals surface area contributed by atoms with Gasteiger partial charge in [0.15, 0.2) is 0 Å². The van der Waals surface area contributed by atoms with Crippen LogP contribution in [0, 0.1) is 10.1 Å². The van der Waals surface area contributed by atoms with Crippen LogP contribution < -0.4 is 5.32 Å². The number of aromatic nitrogens is 1. The number of amides is 1. The molecule has 7 nitrogen and oxygen atoms in total. The number of nitro groups is 1. The van der Waals surface area contributed by atoms with Crippen molar-refractivity contribution in [2.24, 2.45) is 0 Å². The monoisotopic (exact) mass is 266 g/mol. The number of pyridine rings is 1. The molecule has 0 saturated carbocycles. The summed E-state index contributed by atoms with van der Waals surface area (Å²) < 4.78 is 0. The predicted octanol–water partition coefficient (Wildman–Crippen LogP) is 1.66. The van der Waals surface area contributed by atoms with E-state index in [4.69, 9.17) is 0 Å². The summed E-state index contributed by atoms with van der Waals surface area (Å²) in [5, 5.41) is 13.5. The number of hydrogen-bond acceptors (Lipinski definition) is 5. The molecule has 19 heavy (non-hydrogen) atoms. The Labute approximate surface area is 111 Å². The minimum atomic E-state index is -0.478. The molecule has 0 aliphatic rings. The Morgan fingerprint density at radius 2 is 2.16 bits per heavy atom. The van der Waals surface area contributed by atoms with Crippen LogP contribution in [-0.4, -0.2) is 40.3 Å². The molecule has 1 heterocycles. The smallest absolute Gasteiger partial charge is 0.274 e. The lowest BCUT2D eigenvalue weighted by Crippen LogP contribution is -2.31. The van der Waals surface area contributed by atoms with Gasteiger partial charge in [0.2, 0.25) is 5.91 Å². The molecule has 1 rings (SSSR count). The number of nitrogens with zero attached hydrogens (tertiary/aromatic N) is 3. The first-order valence-corrected chi connectivity index (χ1v) is 6.20. The van der Waals surface area contributed by atoms with E-state index < -0.39 is 4.92 Å². The lowest BCUT2D eigenvalue weighted by molar-refractivity contribution is -0.384. The molecule has 0 unspecified atom stereocenters. The molecule has 0 spiro atoms. The van der Waals surface area contributed by atoms with E-state index in [1.807, 2.05) is 13.8 Å². The van der Waals surface area contributed by atoms with Crippen LogP contribution in [0.5, 0.6) is 0 Å². The summed E-state index contributed by atoms with van der Waals surface area (Å²) in [5.41, 5.74) is -0.0208. The first-order chi connectivity index (χ1) is 9.08. The average Bonchev–Trinajstić information content (AvgIpc) is 2.40. The summed E-state index contributed by atoms with van der Waals surface area (Å²) in [7, 11) is 0. The van der Waals surface area contributed by atoms with Gasteiger partial charge >= 0.3 is 0 Å². The minimum absolute atomic E-state index is 0.0208. The van der Waals surface area contributed by atoms with Crippen molar-refractivity contribution < 1.29 is 9.72 Å². The molecule has 0 saturated heterocycles. The van der Waals surface area contributed by atoms with Crippen LogP contribution in [0.3, 0.4) is 0 Å². The number of rotatable bonds is 7. The molecule has 7 heteroatoms. The quantitative estimate of drug-likeness (QED) is 0.599. The van der Waals surface area contributed by atoms with E-state index in [0.29, 0.717) is 31.9 Å². The van der Waals surface area contributed by atoms with E-state index in [1.54, 1.807) is 4.90 Å². The van der Waals surface area contributed by atoms with Crippen molar-refractivity contribution in [3.8, 4) is 0 Å². The molecule has 1 aromatic heterocycles. The number of carbonyl (C=O) groups excluding carboxylic acids is 1. The SMILES string of the molecule is CCN(CC)C(=O)CCNc1cc([N+](=O)[O-])ccn1. The Bertz CT molecular complexity index is 446. The number of anilines is 1. The van der Waals surface area contributed by atoms with Crippen molar-refractivity contribution in [3.63, 3.8) is 0 Å². The Kier molecular flexibility index (Phi) is 5.72. The normalized spacial score (nSPS) is 10.0. The van der Waals surface area contributed by atoms with Crippen molar-refractivity contribution in [1.29, 1.82) is 0 Å². The van der Waals surface area contributed by atoms with E-state index in [9.17, 15) is 14.9 Å². The highest BCUT2D eigenvalue weighted by Crippen LogP contribution is 2.13. The predicted molar refractivity (Wildman–Crippen MR) is 71.9 cm³/mol. The van der Waals surface area contributed by atoms with Crippen LogP contribution in [0.25, 0.3) is 0 Å². The second kappa shape index (κ2) is 7.30. The van der Waals surface area contributed by atoms with Gasteiger partial charge in [0.25, 0.3) is 5.69 Å². The Balaban J connectivity index is 2.47. The summed E-state index contributed by atoms with van der Waals surface area (Å²) in [6.07, 6.45) is 1.71. The summed E-state index contributed by atoms with van der Waals surface area (Å²) in [4.78, 5) is 27.5. The standard InChI is InChI=1S/C12H18N4O3/c1-3-15(4-2)12(17)6-8-14-11-9-10(16(18)19)5-7-13-11/h5,7,9H,3-4,6,8H2,1-2H3,(H,13,14). The minimum Gasteiger partial charge on any atom is -0.369 e. The largest absolute Gasteiger partial charge is 0.369 e. The van der Waals surface area contributed by atoms with Crippen molar-refractivity contribution in [1.82, 2.24) is 9.88 Å². The van der Waals surface area contributed by atoms with Gasteiger partial charge < -0.3 is 10.2 Å². The maximum atomic E-state index is 11.7. The third kappa shape index (κ3) is 4.53. The van der Waals surface area contributed by atoms with Gasteiger partial charge in [-0.15, -0.1) is 0 Å². The van der Waals surface area contributed by atoms with Crippen LogP contribution in [-0.2, 0) is 4.79 Å². The van der Waals surface area contributed by atoms with Gasteiger partial charge in [-0.1, -0.05) is 0 Å². The molecule has 0 fully saturated rings. The molecule has 104 valence electrons. The van der Waals surface area contributed by atoms with Gasteiger partial charge in [-0.2, -0.15) is 0 Å². The number of nitrogens with one attached hydrogen (secondary N) is 1. The van der Waals surface area contributed by atoms with Crippen molar-refractivity contribution in [2.75, 3.05) is 25.0 Å². The first kappa shape index (κ1) is 14.9. The first-order valence-electron chi connectivity index (χ1n) is 6.20. The van der Waals surface area contributed by atoms with Crippen molar-refractivity contribution >= 4 is 17.4 Å². The van der Waals surface area contributed by atoms with Crippen LogP contribution in [0.1, 0.15) is 20.3 Å². The zero-order valence-electron chi connectivity index (χ0n) is 11.1. The maximum absolute atomic E-state index is 11.7. The molecule has 0 aliphatic heterocycles. The second-order valence-corrected chi connectivity index (χ2v) is 3.90. The molecule has 1 N–H and O–H groups in total. The maximum Gasteiger partial charge on any atom is 0.274 e. The zero-order chi connectivity index (χ0) is 14.3. The molecule has 0 aliphatic carbocycles. The molecular formula is C12H18N4O3. The fourth-order valence-electron chi connectivity index (χ4n) is 1.66. The van der Waals surface area contributed by atoms with Gasteiger partial charge in [0.1, 0.15) is 5.82 Å². The van der Waals surface area contributed by atoms with E-state index in [0.717, 1.165) is 0 Å². The van der Waals surface area contributed by atoms with E-state index in [2.05, 4.69) is 10.3 Å². The van der Waals surface area contributed by atoms with Crippen LogP contribution in [0.2, 0.25) is 0 Å². The molecule has 1 aromatic rings. The fraction of sp³-hybridized carbons (Fsp3) is 0.500. The fourth-order valence-corrected chi connectivity index (χ4v) is 1.66. The number of hydrogen-bond donors (Lipinski definition) is 1. The van der Waals surface area contributed by atoms with Gasteiger partial charge in [-0.3, -0.25) is 14.9 Å². The van der Waals surface area contributed by atoms with Crippen molar-refractivity contribution in [3.05, 3.63) is 28.4 Å². The average molecular weight is 266 g/mol. The van der Waals surface area contributed by atoms with Crippen LogP contribution in [0.4, 0.5) is 11.5 Å². The van der Waals surface area contributed by atoms with E-state index in [-0.39, 0.29) is 11.6 Å². The third-order valence-corrected chi connectivity index (χ3v) is 2.72. The Hall–Kier alpha value is -2.18. The highest BCUT2D eigenvalue weighted by Gasteiger charge is 2.10. The second-order valence-electron chi connectivity index (χ2n) is 3.90. The highest BCUT2D eigenvalue weighted by atomic mass is 16.6. The summed E-state index contributed by atoms with van der Waals surface area (Å²) in [6.45, 7) is 5.63. The van der Waals surface area contributed by atoms with E-state index in [1.165, 1.54) is 18.3 Å². The topological polar surface area (TPSA) is 88.4 Å². The van der Waals surface area contributed by atoms with Crippen LogP contribution >= 0.6 is 0 Å². The molecule has 0 atom stereocenters. The molecule has 0 bridgehead atoms. The van der Waals surface area contributed by atoms with Gasteiger partial charge in [-0.25, -0.2) is 4.98 Å². The summed E-state index contributed by atoms with van der Waals surface area (Å²) >= 11 is 0.